The molecule has 0 aliphatic rings. The number of hydrogen-bond acceptors (Lipinski definition) is 3. The summed E-state index contributed by atoms with van der Waals surface area (Å²) in [6.45, 7) is 3.55. The van der Waals surface area contributed by atoms with E-state index < -0.39 is 5.97 Å². The third kappa shape index (κ3) is 2.18. The minimum absolute atomic E-state index is 0.0629. The summed E-state index contributed by atoms with van der Waals surface area (Å²) >= 11 is 6.07. The zero-order valence-electron chi connectivity index (χ0n) is 10.3. The van der Waals surface area contributed by atoms with E-state index in [1.807, 2.05) is 6.07 Å². The number of carboxylic acid groups (broad SMARTS) is 1. The molecule has 1 heterocycles. The van der Waals surface area contributed by atoms with Gasteiger partial charge in [0.1, 0.15) is 6.07 Å². The van der Waals surface area contributed by atoms with Crippen molar-refractivity contribution in [2.75, 3.05) is 0 Å². The van der Waals surface area contributed by atoms with Crippen LogP contribution in [0.1, 0.15) is 27.3 Å². The normalized spacial score (nSPS) is 10.2. The zero-order valence-corrected chi connectivity index (χ0v) is 11.1. The first-order valence-corrected chi connectivity index (χ1v) is 5.83. The molecule has 0 unspecified atom stereocenters. The van der Waals surface area contributed by atoms with E-state index in [0.29, 0.717) is 22.1 Å². The molecule has 0 bridgehead atoms. The average molecular weight is 276 g/mol. The van der Waals surface area contributed by atoms with Crippen LogP contribution in [0.5, 0.6) is 0 Å². The Hall–Kier alpha value is -2.32. The molecule has 0 spiro atoms. The molecule has 0 saturated carbocycles. The van der Waals surface area contributed by atoms with Gasteiger partial charge in [-0.15, -0.1) is 0 Å². The van der Waals surface area contributed by atoms with Gasteiger partial charge in [-0.25, -0.2) is 9.48 Å². The SMILES string of the molecule is Cc1nn(-c2ccc(C(=O)O)cc2C#N)c(C)c1Cl. The molecule has 2 aromatic rings. The molecule has 19 heavy (non-hydrogen) atoms. The summed E-state index contributed by atoms with van der Waals surface area (Å²) < 4.78 is 1.54. The highest BCUT2D eigenvalue weighted by Gasteiger charge is 2.15. The molecular weight excluding hydrogens is 266 g/mol. The third-order valence-electron chi connectivity index (χ3n) is 2.80. The summed E-state index contributed by atoms with van der Waals surface area (Å²) in [6, 6.07) is 6.29. The summed E-state index contributed by atoms with van der Waals surface area (Å²) in [7, 11) is 0. The highest BCUT2D eigenvalue weighted by molar-refractivity contribution is 6.31. The van der Waals surface area contributed by atoms with Gasteiger partial charge in [-0.2, -0.15) is 10.4 Å². The number of aryl methyl sites for hydroxylation is 1. The zero-order chi connectivity index (χ0) is 14.2. The van der Waals surface area contributed by atoms with E-state index >= 15 is 0 Å². The second kappa shape index (κ2) is 4.75. The third-order valence-corrected chi connectivity index (χ3v) is 3.34. The predicted molar refractivity (Wildman–Crippen MR) is 69.7 cm³/mol. The van der Waals surface area contributed by atoms with Crippen molar-refractivity contribution in [3.05, 3.63) is 45.7 Å². The maximum Gasteiger partial charge on any atom is 0.335 e. The summed E-state index contributed by atoms with van der Waals surface area (Å²) in [4.78, 5) is 10.9. The van der Waals surface area contributed by atoms with Crippen molar-refractivity contribution in [2.24, 2.45) is 0 Å². The van der Waals surface area contributed by atoms with E-state index in [2.05, 4.69) is 5.10 Å². The predicted octanol–water partition coefficient (Wildman–Crippen LogP) is 2.71. The van der Waals surface area contributed by atoms with Crippen molar-refractivity contribution in [1.82, 2.24) is 9.78 Å². The van der Waals surface area contributed by atoms with Gasteiger partial charge in [-0.05, 0) is 32.0 Å². The molecule has 0 fully saturated rings. The number of carboxylic acids is 1. The smallest absolute Gasteiger partial charge is 0.335 e. The number of hydrogen-bond donors (Lipinski definition) is 1. The molecule has 1 aromatic heterocycles. The highest BCUT2D eigenvalue weighted by atomic mass is 35.5. The molecule has 2 rings (SSSR count). The van der Waals surface area contributed by atoms with Crippen molar-refractivity contribution in [3.63, 3.8) is 0 Å². The molecule has 5 nitrogen and oxygen atoms in total. The Morgan fingerprint density at radius 2 is 2.16 bits per heavy atom. The number of aromatic carboxylic acids is 1. The lowest BCUT2D eigenvalue weighted by atomic mass is 10.1. The Labute approximate surface area is 114 Å². The summed E-state index contributed by atoms with van der Waals surface area (Å²) in [5, 5.41) is 22.8. The van der Waals surface area contributed by atoms with Crippen LogP contribution in [0.4, 0.5) is 0 Å². The van der Waals surface area contributed by atoms with Crippen molar-refractivity contribution >= 4 is 17.6 Å². The van der Waals surface area contributed by atoms with Gasteiger partial charge in [0.2, 0.25) is 0 Å². The number of nitriles is 1. The average Bonchev–Trinajstić information content (AvgIpc) is 2.65. The Balaban J connectivity index is 2.66. The number of carbonyl (C=O) groups is 1. The topological polar surface area (TPSA) is 78.9 Å². The van der Waals surface area contributed by atoms with Crippen LogP contribution in [-0.4, -0.2) is 20.9 Å². The Bertz CT molecular complexity index is 713. The van der Waals surface area contributed by atoms with Crippen LogP contribution < -0.4 is 0 Å². The molecule has 6 heteroatoms. The molecule has 0 aliphatic heterocycles. The minimum atomic E-state index is -1.07. The second-order valence-electron chi connectivity index (χ2n) is 4.05. The maximum absolute atomic E-state index is 10.9. The molecule has 96 valence electrons. The van der Waals surface area contributed by atoms with Crippen LogP contribution in [0, 0.1) is 25.2 Å². The van der Waals surface area contributed by atoms with Gasteiger partial charge in [-0.3, -0.25) is 0 Å². The number of benzene rings is 1. The largest absolute Gasteiger partial charge is 0.478 e. The van der Waals surface area contributed by atoms with Crippen molar-refractivity contribution < 1.29 is 9.90 Å². The first-order chi connectivity index (χ1) is 8.95. The fraction of sp³-hybridized carbons (Fsp3) is 0.154. The standard InChI is InChI=1S/C13H10ClN3O2/c1-7-12(14)8(2)17(16-7)11-4-3-9(13(18)19)5-10(11)6-15/h3-5H,1-2H3,(H,18,19). The van der Waals surface area contributed by atoms with E-state index in [1.54, 1.807) is 24.6 Å². The quantitative estimate of drug-likeness (QED) is 0.914. The first kappa shape index (κ1) is 13.1. The van der Waals surface area contributed by atoms with Crippen LogP contribution in [0.3, 0.4) is 0 Å². The lowest BCUT2D eigenvalue weighted by molar-refractivity contribution is 0.0697. The molecule has 0 radical (unpaired) electrons. The van der Waals surface area contributed by atoms with Crippen LogP contribution >= 0.6 is 11.6 Å². The van der Waals surface area contributed by atoms with Gasteiger partial charge in [0.25, 0.3) is 0 Å². The van der Waals surface area contributed by atoms with E-state index in [-0.39, 0.29) is 11.1 Å². The van der Waals surface area contributed by atoms with Crippen LogP contribution in [0.15, 0.2) is 18.2 Å². The Morgan fingerprint density at radius 1 is 1.47 bits per heavy atom. The fourth-order valence-electron chi connectivity index (χ4n) is 1.80. The molecule has 0 atom stereocenters. The van der Waals surface area contributed by atoms with Gasteiger partial charge in [0.05, 0.1) is 33.2 Å². The summed E-state index contributed by atoms with van der Waals surface area (Å²) in [6.07, 6.45) is 0. The number of aromatic nitrogens is 2. The van der Waals surface area contributed by atoms with Gasteiger partial charge < -0.3 is 5.11 Å². The van der Waals surface area contributed by atoms with E-state index in [9.17, 15) is 4.79 Å². The van der Waals surface area contributed by atoms with Gasteiger partial charge >= 0.3 is 5.97 Å². The number of nitrogens with zero attached hydrogens (tertiary/aromatic N) is 3. The molecule has 1 aromatic carbocycles. The van der Waals surface area contributed by atoms with Crippen molar-refractivity contribution in [3.8, 4) is 11.8 Å². The molecule has 1 N–H and O–H groups in total. The fourth-order valence-corrected chi connectivity index (χ4v) is 1.92. The molecule has 0 saturated heterocycles. The molecule has 0 amide bonds. The van der Waals surface area contributed by atoms with Crippen LogP contribution in [-0.2, 0) is 0 Å². The number of rotatable bonds is 2. The van der Waals surface area contributed by atoms with Gasteiger partial charge in [0, 0.05) is 0 Å². The first-order valence-electron chi connectivity index (χ1n) is 5.45. The van der Waals surface area contributed by atoms with Gasteiger partial charge in [-0.1, -0.05) is 11.6 Å². The lowest BCUT2D eigenvalue weighted by Crippen LogP contribution is -2.04. The van der Waals surface area contributed by atoms with Crippen molar-refractivity contribution in [1.29, 1.82) is 5.26 Å². The van der Waals surface area contributed by atoms with Crippen molar-refractivity contribution in [2.45, 2.75) is 13.8 Å². The Kier molecular flexibility index (Phi) is 3.28. The van der Waals surface area contributed by atoms with Crippen LogP contribution in [0.25, 0.3) is 5.69 Å². The lowest BCUT2D eigenvalue weighted by Gasteiger charge is -2.07. The summed E-state index contributed by atoms with van der Waals surface area (Å²) in [5.74, 6) is -1.07. The minimum Gasteiger partial charge on any atom is -0.478 e. The number of halogens is 1. The van der Waals surface area contributed by atoms with E-state index in [0.717, 1.165) is 0 Å². The maximum atomic E-state index is 10.9. The monoisotopic (exact) mass is 275 g/mol. The Morgan fingerprint density at radius 3 is 2.63 bits per heavy atom. The molecule has 0 aliphatic carbocycles. The highest BCUT2D eigenvalue weighted by Crippen LogP contribution is 2.24. The molecular formula is C13H10ClN3O2. The van der Waals surface area contributed by atoms with Gasteiger partial charge in [0.15, 0.2) is 0 Å². The summed E-state index contributed by atoms with van der Waals surface area (Å²) in [5.41, 5.74) is 2.18. The van der Waals surface area contributed by atoms with E-state index in [1.165, 1.54) is 12.1 Å². The van der Waals surface area contributed by atoms with E-state index in [4.69, 9.17) is 22.0 Å². The second-order valence-corrected chi connectivity index (χ2v) is 4.42. The van der Waals surface area contributed by atoms with Crippen LogP contribution in [0.2, 0.25) is 5.02 Å².